The van der Waals surface area contributed by atoms with Gasteiger partial charge in [-0.15, -0.1) is 0 Å². The van der Waals surface area contributed by atoms with Gasteiger partial charge < -0.3 is 14.5 Å². The van der Waals surface area contributed by atoms with E-state index in [2.05, 4.69) is 10.1 Å². The van der Waals surface area contributed by atoms with Crippen molar-refractivity contribution in [2.45, 2.75) is 38.1 Å². The Labute approximate surface area is 136 Å². The summed E-state index contributed by atoms with van der Waals surface area (Å²) in [5, 5.41) is 17.1. The van der Waals surface area contributed by atoms with Gasteiger partial charge in [-0.3, -0.25) is 4.79 Å². The molecule has 0 bridgehead atoms. The molecule has 3 heterocycles. The minimum atomic E-state index is -1.10. The molecule has 3 rings (SSSR count). The second kappa shape index (κ2) is 6.11. The molecule has 1 atom stereocenters. The summed E-state index contributed by atoms with van der Waals surface area (Å²) in [6.07, 6.45) is 1.66. The molecule has 1 amide bonds. The van der Waals surface area contributed by atoms with Crippen molar-refractivity contribution in [3.8, 4) is 11.4 Å². The highest BCUT2D eigenvalue weighted by Crippen LogP contribution is 2.30. The van der Waals surface area contributed by atoms with Crippen LogP contribution in [0.1, 0.15) is 32.1 Å². The van der Waals surface area contributed by atoms with Crippen LogP contribution in [0.5, 0.6) is 0 Å². The van der Waals surface area contributed by atoms with Crippen LogP contribution in [0.2, 0.25) is 0 Å². The van der Waals surface area contributed by atoms with Crippen molar-refractivity contribution in [2.24, 2.45) is 0 Å². The summed E-state index contributed by atoms with van der Waals surface area (Å²) < 4.78 is 5.16. The van der Waals surface area contributed by atoms with Crippen LogP contribution in [0.25, 0.3) is 11.4 Å². The maximum Gasteiger partial charge on any atom is 0.329 e. The molecule has 2 aromatic heterocycles. The first-order valence-electron chi connectivity index (χ1n) is 7.40. The average molecular weight is 335 g/mol. The predicted octanol–water partition coefficient (Wildman–Crippen LogP) is 2.20. The molecular formula is C15H17N3O4S. The van der Waals surface area contributed by atoms with Crippen LogP contribution in [-0.4, -0.2) is 44.1 Å². The van der Waals surface area contributed by atoms with Crippen molar-refractivity contribution in [3.63, 3.8) is 0 Å². The number of carbonyl (C=O) groups is 2. The van der Waals surface area contributed by atoms with Gasteiger partial charge in [-0.25, -0.2) is 4.79 Å². The molecule has 0 aromatic carbocycles. The fourth-order valence-electron chi connectivity index (χ4n) is 2.80. The Morgan fingerprint density at radius 2 is 2.35 bits per heavy atom. The van der Waals surface area contributed by atoms with Crippen molar-refractivity contribution in [1.82, 2.24) is 15.0 Å². The minimum Gasteiger partial charge on any atom is -0.480 e. The molecule has 0 spiro atoms. The monoisotopic (exact) mass is 335 g/mol. The number of hydrogen-bond acceptors (Lipinski definition) is 6. The van der Waals surface area contributed by atoms with Gasteiger partial charge in [0.15, 0.2) is 0 Å². The van der Waals surface area contributed by atoms with Crippen LogP contribution in [0.4, 0.5) is 0 Å². The van der Waals surface area contributed by atoms with E-state index in [0.717, 1.165) is 5.56 Å². The standard InChI is InChI=1S/C15H17N3O4S/c1-15(14(20)21)6-2-7-18(15)12(19)4-3-11-16-13(17-22-11)10-5-8-23-9-10/h5,8-9H,2-4,6-7H2,1H3,(H,20,21). The number of aryl methyl sites for hydroxylation is 1. The lowest BCUT2D eigenvalue weighted by atomic mass is 9.99. The summed E-state index contributed by atoms with van der Waals surface area (Å²) in [7, 11) is 0. The summed E-state index contributed by atoms with van der Waals surface area (Å²) >= 11 is 1.54. The van der Waals surface area contributed by atoms with Crippen LogP contribution in [0.15, 0.2) is 21.3 Å². The molecule has 1 N–H and O–H groups in total. The molecule has 0 saturated carbocycles. The van der Waals surface area contributed by atoms with E-state index in [0.29, 0.717) is 37.5 Å². The molecule has 1 unspecified atom stereocenters. The van der Waals surface area contributed by atoms with E-state index in [-0.39, 0.29) is 12.3 Å². The van der Waals surface area contributed by atoms with Gasteiger partial charge in [0.25, 0.3) is 0 Å². The van der Waals surface area contributed by atoms with Crippen LogP contribution in [-0.2, 0) is 16.0 Å². The first-order chi connectivity index (χ1) is 11.0. The molecule has 0 aliphatic carbocycles. The zero-order valence-corrected chi connectivity index (χ0v) is 13.5. The first kappa shape index (κ1) is 15.7. The zero-order chi connectivity index (χ0) is 16.4. The largest absolute Gasteiger partial charge is 0.480 e. The van der Waals surface area contributed by atoms with Gasteiger partial charge in [-0.2, -0.15) is 16.3 Å². The zero-order valence-electron chi connectivity index (χ0n) is 12.7. The molecule has 122 valence electrons. The van der Waals surface area contributed by atoms with Crippen molar-refractivity contribution < 1.29 is 19.2 Å². The second-order valence-corrected chi connectivity index (χ2v) is 6.53. The number of rotatable bonds is 5. The molecule has 23 heavy (non-hydrogen) atoms. The highest BCUT2D eigenvalue weighted by Gasteiger charge is 2.45. The van der Waals surface area contributed by atoms with E-state index in [1.54, 1.807) is 18.3 Å². The topological polar surface area (TPSA) is 96.5 Å². The summed E-state index contributed by atoms with van der Waals surface area (Å²) in [5.41, 5.74) is -0.220. The maximum atomic E-state index is 12.3. The Morgan fingerprint density at radius 1 is 1.52 bits per heavy atom. The van der Waals surface area contributed by atoms with Crippen molar-refractivity contribution >= 4 is 23.2 Å². The summed E-state index contributed by atoms with van der Waals surface area (Å²) in [5.74, 6) is -0.260. The number of thiophene rings is 1. The fraction of sp³-hybridized carbons (Fsp3) is 0.467. The third-order valence-corrected chi connectivity index (χ3v) is 4.89. The van der Waals surface area contributed by atoms with Gasteiger partial charge in [0.2, 0.25) is 17.6 Å². The highest BCUT2D eigenvalue weighted by molar-refractivity contribution is 7.08. The SMILES string of the molecule is CC1(C(=O)O)CCCN1C(=O)CCc1nc(-c2ccsc2)no1. The van der Waals surface area contributed by atoms with Gasteiger partial charge in [0.05, 0.1) is 0 Å². The van der Waals surface area contributed by atoms with Crippen molar-refractivity contribution in [1.29, 1.82) is 0 Å². The second-order valence-electron chi connectivity index (χ2n) is 5.75. The molecule has 2 aromatic rings. The third-order valence-electron chi connectivity index (χ3n) is 4.20. The normalized spacial score (nSPS) is 20.8. The minimum absolute atomic E-state index is 0.161. The van der Waals surface area contributed by atoms with Gasteiger partial charge in [-0.1, -0.05) is 5.16 Å². The Balaban J connectivity index is 1.62. The smallest absolute Gasteiger partial charge is 0.329 e. The number of aromatic nitrogens is 2. The number of aliphatic carboxylic acids is 1. The third kappa shape index (κ3) is 2.98. The Kier molecular flexibility index (Phi) is 4.16. The van der Waals surface area contributed by atoms with Gasteiger partial charge >= 0.3 is 5.97 Å². The predicted molar refractivity (Wildman–Crippen MR) is 82.9 cm³/mol. The molecule has 1 fully saturated rings. The number of amides is 1. The van der Waals surface area contributed by atoms with E-state index in [1.807, 2.05) is 16.8 Å². The number of carboxylic acid groups (broad SMARTS) is 1. The highest BCUT2D eigenvalue weighted by atomic mass is 32.1. The molecule has 1 saturated heterocycles. The lowest BCUT2D eigenvalue weighted by Gasteiger charge is -2.31. The molecule has 0 radical (unpaired) electrons. The van der Waals surface area contributed by atoms with Crippen LogP contribution >= 0.6 is 11.3 Å². The number of nitrogens with zero attached hydrogens (tertiary/aromatic N) is 3. The van der Waals surface area contributed by atoms with E-state index >= 15 is 0 Å². The van der Waals surface area contributed by atoms with Gasteiger partial charge in [0.1, 0.15) is 5.54 Å². The van der Waals surface area contributed by atoms with E-state index in [1.165, 1.54) is 4.90 Å². The lowest BCUT2D eigenvalue weighted by molar-refractivity contribution is -0.155. The van der Waals surface area contributed by atoms with Crippen LogP contribution in [0.3, 0.4) is 0 Å². The lowest BCUT2D eigenvalue weighted by Crippen LogP contribution is -2.50. The molecule has 1 aliphatic rings. The quantitative estimate of drug-likeness (QED) is 0.900. The van der Waals surface area contributed by atoms with Crippen molar-refractivity contribution in [3.05, 3.63) is 22.7 Å². The number of likely N-dealkylation sites (tertiary alicyclic amines) is 1. The summed E-state index contributed by atoms with van der Waals surface area (Å²) in [6.45, 7) is 2.08. The Bertz CT molecular complexity index is 712. The fourth-order valence-corrected chi connectivity index (χ4v) is 3.43. The molecule has 1 aliphatic heterocycles. The summed E-state index contributed by atoms with van der Waals surface area (Å²) in [4.78, 5) is 29.5. The van der Waals surface area contributed by atoms with E-state index in [4.69, 9.17) is 4.52 Å². The van der Waals surface area contributed by atoms with Gasteiger partial charge in [-0.05, 0) is 31.2 Å². The van der Waals surface area contributed by atoms with E-state index < -0.39 is 11.5 Å². The number of carboxylic acids is 1. The van der Waals surface area contributed by atoms with Crippen LogP contribution in [0, 0.1) is 0 Å². The maximum absolute atomic E-state index is 12.3. The average Bonchev–Trinajstić information content (AvgIpc) is 3.25. The van der Waals surface area contributed by atoms with Crippen LogP contribution < -0.4 is 0 Å². The van der Waals surface area contributed by atoms with Gasteiger partial charge in [0, 0.05) is 30.3 Å². The molecular weight excluding hydrogens is 318 g/mol. The Morgan fingerprint density at radius 3 is 3.04 bits per heavy atom. The van der Waals surface area contributed by atoms with E-state index in [9.17, 15) is 14.7 Å². The number of carbonyl (C=O) groups excluding carboxylic acids is 1. The first-order valence-corrected chi connectivity index (χ1v) is 8.34. The van der Waals surface area contributed by atoms with Crippen molar-refractivity contribution in [2.75, 3.05) is 6.54 Å². The summed E-state index contributed by atoms with van der Waals surface area (Å²) in [6, 6.07) is 1.90. The molecule has 8 heteroatoms. The molecule has 7 nitrogen and oxygen atoms in total. The number of hydrogen-bond donors (Lipinski definition) is 1. The Hall–Kier alpha value is -2.22.